The molecule has 2 fully saturated rings. The highest BCUT2D eigenvalue weighted by Gasteiger charge is 2.37. The van der Waals surface area contributed by atoms with Gasteiger partial charge in [0.25, 0.3) is 0 Å². The normalized spacial score (nSPS) is 27.0. The molecule has 0 atom stereocenters. The van der Waals surface area contributed by atoms with Gasteiger partial charge in [-0.25, -0.2) is 0 Å². The Labute approximate surface area is 124 Å². The van der Waals surface area contributed by atoms with Gasteiger partial charge in [-0.3, -0.25) is 0 Å². The van der Waals surface area contributed by atoms with Crippen LogP contribution in [-0.2, 0) is 0 Å². The highest BCUT2D eigenvalue weighted by Crippen LogP contribution is 2.40. The van der Waals surface area contributed by atoms with Gasteiger partial charge in [-0.15, -0.1) is 0 Å². The van der Waals surface area contributed by atoms with Gasteiger partial charge in [0.2, 0.25) is 0 Å². The van der Waals surface area contributed by atoms with Crippen LogP contribution in [0.15, 0.2) is 0 Å². The molecule has 0 aromatic heterocycles. The number of nitrogens with zero attached hydrogens (tertiary/aromatic N) is 1. The quantitative estimate of drug-likeness (QED) is 0.833. The van der Waals surface area contributed by atoms with Crippen molar-refractivity contribution in [1.29, 1.82) is 0 Å². The molecule has 0 bridgehead atoms. The van der Waals surface area contributed by atoms with Crippen molar-refractivity contribution in [2.75, 3.05) is 31.9 Å². The molecule has 0 unspecified atom stereocenters. The van der Waals surface area contributed by atoms with Crippen LogP contribution in [0.25, 0.3) is 0 Å². The number of nitrogens with one attached hydrogen (secondary N) is 1. The third-order valence-corrected chi connectivity index (χ3v) is 5.91. The number of rotatable bonds is 5. The molecule has 1 saturated heterocycles. The zero-order valence-electron chi connectivity index (χ0n) is 13.3. The van der Waals surface area contributed by atoms with Crippen LogP contribution in [0.1, 0.15) is 53.4 Å². The van der Waals surface area contributed by atoms with Crippen LogP contribution >= 0.6 is 11.8 Å². The lowest BCUT2D eigenvalue weighted by atomic mass is 9.85. The molecular formula is C16H32N2S. The van der Waals surface area contributed by atoms with Crippen molar-refractivity contribution in [3.8, 4) is 0 Å². The first-order valence-electron chi connectivity index (χ1n) is 8.01. The van der Waals surface area contributed by atoms with Crippen LogP contribution in [-0.4, -0.2) is 47.6 Å². The topological polar surface area (TPSA) is 15.3 Å². The second-order valence-corrected chi connectivity index (χ2v) is 9.36. The first kappa shape index (κ1) is 15.7. The van der Waals surface area contributed by atoms with Gasteiger partial charge in [0.15, 0.2) is 0 Å². The van der Waals surface area contributed by atoms with Gasteiger partial charge < -0.3 is 10.2 Å². The SMILES string of the molecule is CC(C)NCC1(CN2CCSC(C)(C)C2)CCCC1. The molecule has 0 spiro atoms. The van der Waals surface area contributed by atoms with E-state index in [2.05, 4.69) is 49.7 Å². The predicted octanol–water partition coefficient (Wildman–Crippen LogP) is 3.37. The number of thioether (sulfide) groups is 1. The number of hydrogen-bond acceptors (Lipinski definition) is 3. The fourth-order valence-electron chi connectivity index (χ4n) is 3.66. The Hall–Kier alpha value is 0.270. The lowest BCUT2D eigenvalue weighted by molar-refractivity contribution is 0.141. The van der Waals surface area contributed by atoms with Crippen molar-refractivity contribution in [3.63, 3.8) is 0 Å². The summed E-state index contributed by atoms with van der Waals surface area (Å²) >= 11 is 2.14. The van der Waals surface area contributed by atoms with Gasteiger partial charge in [-0.2, -0.15) is 11.8 Å². The molecule has 0 amide bonds. The van der Waals surface area contributed by atoms with Gasteiger partial charge >= 0.3 is 0 Å². The van der Waals surface area contributed by atoms with E-state index in [0.29, 0.717) is 16.2 Å². The Morgan fingerprint density at radius 2 is 1.89 bits per heavy atom. The Morgan fingerprint density at radius 1 is 1.21 bits per heavy atom. The van der Waals surface area contributed by atoms with E-state index < -0.39 is 0 Å². The van der Waals surface area contributed by atoms with Gasteiger partial charge in [0.05, 0.1) is 0 Å². The molecule has 2 nitrogen and oxygen atoms in total. The standard InChI is InChI=1S/C16H32N2S/c1-14(2)17-11-16(7-5-6-8-16)13-18-9-10-19-15(3,4)12-18/h14,17H,5-13H2,1-4H3. The van der Waals surface area contributed by atoms with Crippen molar-refractivity contribution in [1.82, 2.24) is 10.2 Å². The summed E-state index contributed by atoms with van der Waals surface area (Å²) in [7, 11) is 0. The highest BCUT2D eigenvalue weighted by atomic mass is 32.2. The first-order chi connectivity index (χ1) is 8.91. The summed E-state index contributed by atoms with van der Waals surface area (Å²) in [6, 6.07) is 0.617. The molecule has 1 heterocycles. The van der Waals surface area contributed by atoms with Crippen LogP contribution in [0.2, 0.25) is 0 Å². The fourth-order valence-corrected chi connectivity index (χ4v) is 4.84. The lowest BCUT2D eigenvalue weighted by Crippen LogP contribution is -2.50. The second kappa shape index (κ2) is 6.36. The maximum atomic E-state index is 3.71. The Kier molecular flexibility index (Phi) is 5.24. The average molecular weight is 285 g/mol. The summed E-state index contributed by atoms with van der Waals surface area (Å²) in [4.78, 5) is 2.74. The van der Waals surface area contributed by atoms with Gasteiger partial charge in [-0.05, 0) is 32.1 Å². The average Bonchev–Trinajstić information content (AvgIpc) is 2.74. The van der Waals surface area contributed by atoms with E-state index >= 15 is 0 Å². The molecule has 112 valence electrons. The monoisotopic (exact) mass is 284 g/mol. The number of hydrogen-bond donors (Lipinski definition) is 1. The second-order valence-electron chi connectivity index (χ2n) is 7.56. The van der Waals surface area contributed by atoms with Crippen LogP contribution < -0.4 is 5.32 Å². The summed E-state index contributed by atoms with van der Waals surface area (Å²) in [6.07, 6.45) is 5.73. The smallest absolute Gasteiger partial charge is 0.0231 e. The first-order valence-corrected chi connectivity index (χ1v) is 8.99. The third-order valence-electron chi connectivity index (χ3n) is 4.61. The van der Waals surface area contributed by atoms with E-state index in [4.69, 9.17) is 0 Å². The molecule has 3 heteroatoms. The van der Waals surface area contributed by atoms with Crippen LogP contribution in [0, 0.1) is 5.41 Å². The fraction of sp³-hybridized carbons (Fsp3) is 1.00. The van der Waals surface area contributed by atoms with Crippen LogP contribution in [0.4, 0.5) is 0 Å². The summed E-state index contributed by atoms with van der Waals surface area (Å²) in [5.74, 6) is 1.31. The summed E-state index contributed by atoms with van der Waals surface area (Å²) in [5, 5.41) is 3.71. The predicted molar refractivity (Wildman–Crippen MR) is 87.0 cm³/mol. The largest absolute Gasteiger partial charge is 0.314 e. The Morgan fingerprint density at radius 3 is 2.47 bits per heavy atom. The van der Waals surface area contributed by atoms with Gasteiger partial charge in [0.1, 0.15) is 0 Å². The molecule has 0 radical (unpaired) electrons. The molecule has 1 aliphatic heterocycles. The van der Waals surface area contributed by atoms with E-state index in [1.54, 1.807) is 0 Å². The van der Waals surface area contributed by atoms with E-state index in [0.717, 1.165) is 0 Å². The summed E-state index contributed by atoms with van der Waals surface area (Å²) in [6.45, 7) is 14.4. The Bertz CT molecular complexity index is 282. The minimum Gasteiger partial charge on any atom is -0.314 e. The molecule has 1 saturated carbocycles. The molecule has 0 aromatic rings. The minimum absolute atomic E-state index is 0.448. The van der Waals surface area contributed by atoms with E-state index in [1.165, 1.54) is 57.6 Å². The molecule has 0 aromatic carbocycles. The molecule has 2 rings (SSSR count). The van der Waals surface area contributed by atoms with Gasteiger partial charge in [0, 0.05) is 42.7 Å². The minimum atomic E-state index is 0.448. The van der Waals surface area contributed by atoms with E-state index in [1.807, 2.05) is 0 Å². The van der Waals surface area contributed by atoms with E-state index in [9.17, 15) is 0 Å². The van der Waals surface area contributed by atoms with E-state index in [-0.39, 0.29) is 0 Å². The Balaban J connectivity index is 1.92. The van der Waals surface area contributed by atoms with Crippen LogP contribution in [0.5, 0.6) is 0 Å². The van der Waals surface area contributed by atoms with Crippen molar-refractivity contribution in [2.45, 2.75) is 64.2 Å². The van der Waals surface area contributed by atoms with Crippen molar-refractivity contribution < 1.29 is 0 Å². The maximum Gasteiger partial charge on any atom is 0.0231 e. The van der Waals surface area contributed by atoms with Crippen LogP contribution in [0.3, 0.4) is 0 Å². The molecule has 2 aliphatic rings. The molecule has 1 aliphatic carbocycles. The zero-order chi connectivity index (χ0) is 13.9. The highest BCUT2D eigenvalue weighted by molar-refractivity contribution is 8.00. The summed E-state index contributed by atoms with van der Waals surface area (Å²) in [5.41, 5.74) is 0.558. The van der Waals surface area contributed by atoms with Crippen molar-refractivity contribution >= 4 is 11.8 Å². The molecule has 1 N–H and O–H groups in total. The van der Waals surface area contributed by atoms with Crippen molar-refractivity contribution in [3.05, 3.63) is 0 Å². The third kappa shape index (κ3) is 4.64. The molecular weight excluding hydrogens is 252 g/mol. The zero-order valence-corrected chi connectivity index (χ0v) is 14.1. The lowest BCUT2D eigenvalue weighted by Gasteiger charge is -2.42. The summed E-state index contributed by atoms with van der Waals surface area (Å²) < 4.78 is 0.448. The maximum absolute atomic E-state index is 3.71. The molecule has 19 heavy (non-hydrogen) atoms. The van der Waals surface area contributed by atoms with Gasteiger partial charge in [-0.1, -0.05) is 26.7 Å². The van der Waals surface area contributed by atoms with Crippen molar-refractivity contribution in [2.24, 2.45) is 5.41 Å².